The number of hydrogen-bond acceptors (Lipinski definition) is 6. The van der Waals surface area contributed by atoms with Crippen LogP contribution in [0.5, 0.6) is 0 Å². The molecular weight excluding hydrogens is 302 g/mol. The van der Waals surface area contributed by atoms with E-state index in [1.807, 2.05) is 0 Å². The maximum absolute atomic E-state index is 12.0. The van der Waals surface area contributed by atoms with Gasteiger partial charge in [-0.15, -0.1) is 0 Å². The van der Waals surface area contributed by atoms with Crippen molar-refractivity contribution in [2.45, 2.75) is 6.10 Å². The van der Waals surface area contributed by atoms with Crippen molar-refractivity contribution < 1.29 is 19.2 Å². The summed E-state index contributed by atoms with van der Waals surface area (Å²) in [6.45, 7) is 0.498. The first kappa shape index (κ1) is 17.2. The van der Waals surface area contributed by atoms with E-state index in [4.69, 9.17) is 26.8 Å². The summed E-state index contributed by atoms with van der Waals surface area (Å²) in [6.07, 6.45) is -0.321. The number of hydrogen-bond donors (Lipinski definition) is 2. The molecule has 116 valence electrons. The van der Waals surface area contributed by atoms with E-state index >= 15 is 0 Å². The van der Waals surface area contributed by atoms with E-state index in [0.717, 1.165) is 6.07 Å². The molecule has 0 bridgehead atoms. The van der Waals surface area contributed by atoms with Crippen molar-refractivity contribution in [2.75, 3.05) is 33.1 Å². The highest BCUT2D eigenvalue weighted by Crippen LogP contribution is 2.30. The van der Waals surface area contributed by atoms with Gasteiger partial charge in [0.05, 0.1) is 22.7 Å². The van der Waals surface area contributed by atoms with Crippen molar-refractivity contribution in [3.8, 4) is 0 Å². The van der Waals surface area contributed by atoms with Gasteiger partial charge in [-0.1, -0.05) is 11.6 Å². The maximum atomic E-state index is 12.0. The molecular formula is C12H16ClN3O5. The van der Waals surface area contributed by atoms with Crippen molar-refractivity contribution in [3.63, 3.8) is 0 Å². The minimum atomic E-state index is -0.694. The second kappa shape index (κ2) is 7.77. The molecule has 0 aliphatic rings. The van der Waals surface area contributed by atoms with Gasteiger partial charge in [-0.05, 0) is 6.07 Å². The Hall–Kier alpha value is -1.90. The average molecular weight is 318 g/mol. The second-order valence-corrected chi connectivity index (χ2v) is 4.58. The zero-order valence-corrected chi connectivity index (χ0v) is 12.3. The molecule has 0 aliphatic carbocycles. The molecule has 0 heterocycles. The Kier molecular flexibility index (Phi) is 6.35. The molecule has 0 saturated heterocycles. The average Bonchev–Trinajstić information content (AvgIpc) is 2.45. The minimum absolute atomic E-state index is 0.0467. The Morgan fingerprint density at radius 2 is 2.19 bits per heavy atom. The van der Waals surface area contributed by atoms with Crippen LogP contribution in [0, 0.1) is 10.1 Å². The zero-order chi connectivity index (χ0) is 16.0. The van der Waals surface area contributed by atoms with Gasteiger partial charge in [-0.3, -0.25) is 14.9 Å². The summed E-state index contributed by atoms with van der Waals surface area (Å²) in [7, 11) is 3.00. The fourth-order valence-corrected chi connectivity index (χ4v) is 1.80. The van der Waals surface area contributed by atoms with E-state index in [1.165, 1.54) is 20.3 Å². The Labute approximate surface area is 126 Å². The van der Waals surface area contributed by atoms with Gasteiger partial charge in [-0.25, -0.2) is 0 Å². The van der Waals surface area contributed by atoms with E-state index in [1.54, 1.807) is 0 Å². The lowest BCUT2D eigenvalue weighted by Crippen LogP contribution is -2.35. The van der Waals surface area contributed by atoms with Crippen molar-refractivity contribution in [3.05, 3.63) is 32.8 Å². The third-order valence-electron chi connectivity index (χ3n) is 2.74. The molecule has 0 spiro atoms. The molecule has 1 rings (SSSR count). The van der Waals surface area contributed by atoms with Crippen molar-refractivity contribution >= 4 is 28.9 Å². The van der Waals surface area contributed by atoms with Crippen LogP contribution in [0.4, 0.5) is 11.4 Å². The summed E-state index contributed by atoms with van der Waals surface area (Å²) in [5.74, 6) is -0.516. The molecule has 3 N–H and O–H groups in total. The van der Waals surface area contributed by atoms with E-state index in [9.17, 15) is 14.9 Å². The highest BCUT2D eigenvalue weighted by Gasteiger charge is 2.20. The van der Waals surface area contributed by atoms with Gasteiger partial charge in [0.25, 0.3) is 11.6 Å². The fraction of sp³-hybridized carbons (Fsp3) is 0.417. The number of rotatable bonds is 7. The summed E-state index contributed by atoms with van der Waals surface area (Å²) < 4.78 is 10.0. The lowest BCUT2D eigenvalue weighted by molar-refractivity contribution is -0.383. The smallest absolute Gasteiger partial charge is 0.294 e. The monoisotopic (exact) mass is 317 g/mol. The van der Waals surface area contributed by atoms with Crippen LogP contribution in [0.25, 0.3) is 0 Å². The molecule has 0 fully saturated rings. The predicted octanol–water partition coefficient (Wildman–Crippen LogP) is 1.22. The quantitative estimate of drug-likeness (QED) is 0.443. The first-order valence-electron chi connectivity index (χ1n) is 5.94. The third-order valence-corrected chi connectivity index (χ3v) is 3.06. The van der Waals surface area contributed by atoms with Gasteiger partial charge in [0.1, 0.15) is 5.69 Å². The molecule has 9 heteroatoms. The SMILES string of the molecule is COCC(CNC(=O)c1cc(Cl)c(N)c([N+](=O)[O-])c1)OC. The number of amides is 1. The van der Waals surface area contributed by atoms with Crippen molar-refractivity contribution in [2.24, 2.45) is 0 Å². The number of benzene rings is 1. The molecule has 8 nitrogen and oxygen atoms in total. The number of halogens is 1. The molecule has 0 aliphatic heterocycles. The number of methoxy groups -OCH3 is 2. The number of nitro groups is 1. The summed E-state index contributed by atoms with van der Waals surface area (Å²) in [4.78, 5) is 22.1. The maximum Gasteiger partial charge on any atom is 0.294 e. The van der Waals surface area contributed by atoms with Gasteiger partial charge in [-0.2, -0.15) is 0 Å². The van der Waals surface area contributed by atoms with Crippen LogP contribution in [0.3, 0.4) is 0 Å². The van der Waals surface area contributed by atoms with Crippen molar-refractivity contribution in [1.29, 1.82) is 0 Å². The summed E-state index contributed by atoms with van der Waals surface area (Å²) in [6, 6.07) is 2.35. The zero-order valence-electron chi connectivity index (χ0n) is 11.6. The predicted molar refractivity (Wildman–Crippen MR) is 77.5 cm³/mol. The van der Waals surface area contributed by atoms with Crippen LogP contribution in [0.2, 0.25) is 5.02 Å². The van der Waals surface area contributed by atoms with E-state index in [0.29, 0.717) is 6.61 Å². The molecule has 21 heavy (non-hydrogen) atoms. The van der Waals surface area contributed by atoms with Crippen LogP contribution in [0.15, 0.2) is 12.1 Å². The molecule has 0 saturated carbocycles. The van der Waals surface area contributed by atoms with Crippen LogP contribution < -0.4 is 11.1 Å². The number of nitrogens with zero attached hydrogens (tertiary/aromatic N) is 1. The number of carbonyl (C=O) groups is 1. The summed E-state index contributed by atoms with van der Waals surface area (Å²) in [5, 5.41) is 13.4. The molecule has 1 amide bonds. The van der Waals surface area contributed by atoms with Gasteiger partial charge < -0.3 is 20.5 Å². The number of nitrogens with one attached hydrogen (secondary N) is 1. The van der Waals surface area contributed by atoms with Crippen molar-refractivity contribution in [1.82, 2.24) is 5.32 Å². The first-order chi connectivity index (χ1) is 9.90. The second-order valence-electron chi connectivity index (χ2n) is 4.17. The molecule has 0 radical (unpaired) electrons. The Morgan fingerprint density at radius 1 is 1.52 bits per heavy atom. The normalized spacial score (nSPS) is 12.0. The van der Waals surface area contributed by atoms with Crippen LogP contribution in [0.1, 0.15) is 10.4 Å². The minimum Gasteiger partial charge on any atom is -0.392 e. The van der Waals surface area contributed by atoms with Crippen LogP contribution >= 0.6 is 11.6 Å². The summed E-state index contributed by atoms with van der Waals surface area (Å²) >= 11 is 5.79. The standard InChI is InChI=1S/C12H16ClN3O5/c1-20-6-8(21-2)5-15-12(17)7-3-9(13)11(14)10(4-7)16(18)19/h3-4,8H,5-6,14H2,1-2H3,(H,15,17). The number of nitrogens with two attached hydrogens (primary N) is 1. The van der Waals surface area contributed by atoms with E-state index < -0.39 is 16.5 Å². The number of nitro benzene ring substituents is 1. The number of ether oxygens (including phenoxy) is 2. The summed E-state index contributed by atoms with van der Waals surface area (Å²) in [5.41, 5.74) is 4.96. The van der Waals surface area contributed by atoms with Crippen LogP contribution in [-0.2, 0) is 9.47 Å². The Morgan fingerprint density at radius 3 is 2.71 bits per heavy atom. The molecule has 1 unspecified atom stereocenters. The lowest BCUT2D eigenvalue weighted by atomic mass is 10.1. The van der Waals surface area contributed by atoms with Gasteiger partial charge >= 0.3 is 0 Å². The molecule has 1 aromatic carbocycles. The highest BCUT2D eigenvalue weighted by molar-refractivity contribution is 6.34. The molecule has 1 atom stereocenters. The van der Waals surface area contributed by atoms with Gasteiger partial charge in [0.2, 0.25) is 0 Å². The third kappa shape index (κ3) is 4.55. The molecule has 1 aromatic rings. The van der Waals surface area contributed by atoms with Crippen LogP contribution in [-0.4, -0.2) is 44.3 Å². The van der Waals surface area contributed by atoms with Gasteiger partial charge in [0.15, 0.2) is 0 Å². The largest absolute Gasteiger partial charge is 0.392 e. The number of carbonyl (C=O) groups excluding carboxylic acids is 1. The first-order valence-corrected chi connectivity index (χ1v) is 6.31. The topological polar surface area (TPSA) is 117 Å². The Balaban J connectivity index is 2.85. The molecule has 0 aromatic heterocycles. The van der Waals surface area contributed by atoms with E-state index in [-0.39, 0.29) is 28.9 Å². The Bertz CT molecular complexity index is 538. The number of anilines is 1. The highest BCUT2D eigenvalue weighted by atomic mass is 35.5. The fourth-order valence-electron chi connectivity index (χ4n) is 1.59. The van der Waals surface area contributed by atoms with Gasteiger partial charge in [0, 0.05) is 32.4 Å². The van der Waals surface area contributed by atoms with E-state index in [2.05, 4.69) is 5.32 Å². The number of nitrogen functional groups attached to an aromatic ring is 1. The lowest BCUT2D eigenvalue weighted by Gasteiger charge is -2.15.